The van der Waals surface area contributed by atoms with Crippen LogP contribution in [-0.2, 0) is 23.9 Å². The average molecular weight is 489 g/mol. The lowest BCUT2D eigenvalue weighted by atomic mass is 9.70. The van der Waals surface area contributed by atoms with Crippen molar-refractivity contribution in [1.82, 2.24) is 10.2 Å². The van der Waals surface area contributed by atoms with Gasteiger partial charge in [-0.2, -0.15) is 0 Å². The Morgan fingerprint density at radius 1 is 1.33 bits per heavy atom. The number of aliphatic hydroxyl groups is 1. The minimum atomic E-state index is -1.02. The summed E-state index contributed by atoms with van der Waals surface area (Å²) >= 11 is 3.62. The molecule has 30 heavy (non-hydrogen) atoms. The molecule has 2 bridgehead atoms. The van der Waals surface area contributed by atoms with Crippen molar-refractivity contribution >= 4 is 33.7 Å². The summed E-state index contributed by atoms with van der Waals surface area (Å²) < 4.78 is 11.6. The second-order valence-corrected chi connectivity index (χ2v) is 9.92. The van der Waals surface area contributed by atoms with Crippen LogP contribution in [0.1, 0.15) is 52.9 Å². The van der Waals surface area contributed by atoms with Crippen LogP contribution in [0.4, 0.5) is 0 Å². The number of amides is 2. The highest BCUT2D eigenvalue weighted by molar-refractivity contribution is 9.09. The van der Waals surface area contributed by atoms with E-state index in [1.54, 1.807) is 11.8 Å². The number of carbonyl (C=O) groups excluding carboxylic acids is 3. The van der Waals surface area contributed by atoms with Gasteiger partial charge in [-0.1, -0.05) is 28.8 Å². The Kier molecular flexibility index (Phi) is 7.45. The molecular formula is C21H33BrN2O6. The first-order valence-corrected chi connectivity index (χ1v) is 11.9. The molecule has 0 aromatic carbocycles. The number of alkyl halides is 1. The number of hydrogen-bond acceptors (Lipinski definition) is 6. The third-order valence-electron chi connectivity index (χ3n) is 6.33. The van der Waals surface area contributed by atoms with Gasteiger partial charge < -0.3 is 24.8 Å². The van der Waals surface area contributed by atoms with Gasteiger partial charge in [-0.05, 0) is 40.0 Å². The minimum Gasteiger partial charge on any atom is -0.466 e. The number of halogens is 1. The monoisotopic (exact) mass is 488 g/mol. The molecule has 0 saturated carbocycles. The van der Waals surface area contributed by atoms with Crippen LogP contribution in [0.2, 0.25) is 0 Å². The molecule has 170 valence electrons. The van der Waals surface area contributed by atoms with E-state index in [4.69, 9.17) is 14.6 Å². The van der Waals surface area contributed by atoms with Gasteiger partial charge >= 0.3 is 5.97 Å². The summed E-state index contributed by atoms with van der Waals surface area (Å²) in [7, 11) is 0. The van der Waals surface area contributed by atoms with Crippen LogP contribution in [0.15, 0.2) is 0 Å². The number of fused-ring (bicyclic) bond motifs is 1. The normalized spacial score (nSPS) is 34.5. The first-order valence-electron chi connectivity index (χ1n) is 11.0. The Labute approximate surface area is 186 Å². The lowest BCUT2D eigenvalue weighted by Crippen LogP contribution is -2.56. The van der Waals surface area contributed by atoms with Gasteiger partial charge in [0.15, 0.2) is 0 Å². The van der Waals surface area contributed by atoms with Crippen molar-refractivity contribution in [2.45, 2.75) is 81.5 Å². The summed E-state index contributed by atoms with van der Waals surface area (Å²) in [6.07, 6.45) is 3.19. The molecule has 0 aromatic rings. The molecule has 3 saturated heterocycles. The molecule has 3 heterocycles. The summed E-state index contributed by atoms with van der Waals surface area (Å²) in [6, 6.07) is -0.839. The zero-order chi connectivity index (χ0) is 22.1. The summed E-state index contributed by atoms with van der Waals surface area (Å²) in [5.41, 5.74) is -1.02. The first kappa shape index (κ1) is 23.5. The second-order valence-electron chi connectivity index (χ2n) is 8.75. The van der Waals surface area contributed by atoms with E-state index in [1.165, 1.54) is 0 Å². The van der Waals surface area contributed by atoms with Crippen molar-refractivity contribution in [2.75, 3.05) is 19.8 Å². The number of likely N-dealkylation sites (tertiary alicyclic amines) is 1. The lowest BCUT2D eigenvalue weighted by molar-refractivity contribution is -0.154. The molecule has 3 rings (SSSR count). The van der Waals surface area contributed by atoms with Crippen LogP contribution in [0.5, 0.6) is 0 Å². The first-order chi connectivity index (χ1) is 14.3. The fourth-order valence-corrected chi connectivity index (χ4v) is 6.23. The largest absolute Gasteiger partial charge is 0.466 e. The molecule has 3 unspecified atom stereocenters. The Morgan fingerprint density at radius 3 is 2.67 bits per heavy atom. The lowest BCUT2D eigenvalue weighted by Gasteiger charge is -2.34. The van der Waals surface area contributed by atoms with Crippen molar-refractivity contribution in [3.63, 3.8) is 0 Å². The number of nitrogens with one attached hydrogen (secondary N) is 1. The van der Waals surface area contributed by atoms with Crippen LogP contribution in [0.3, 0.4) is 0 Å². The maximum atomic E-state index is 13.5. The smallest absolute Gasteiger partial charge is 0.312 e. The van der Waals surface area contributed by atoms with E-state index < -0.39 is 35.6 Å². The quantitative estimate of drug-likeness (QED) is 0.273. The molecule has 2 N–H and O–H groups in total. The Hall–Kier alpha value is -1.19. The maximum absolute atomic E-state index is 13.5. The number of esters is 1. The van der Waals surface area contributed by atoms with E-state index in [-0.39, 0.29) is 35.9 Å². The van der Waals surface area contributed by atoms with Crippen LogP contribution in [-0.4, -0.2) is 76.2 Å². The van der Waals surface area contributed by atoms with Crippen molar-refractivity contribution in [1.29, 1.82) is 0 Å². The molecule has 0 aromatic heterocycles. The predicted molar refractivity (Wildman–Crippen MR) is 113 cm³/mol. The van der Waals surface area contributed by atoms with E-state index in [1.807, 2.05) is 13.8 Å². The zero-order valence-corrected chi connectivity index (χ0v) is 19.5. The molecule has 3 aliphatic heterocycles. The molecule has 3 aliphatic rings. The molecular weight excluding hydrogens is 456 g/mol. The van der Waals surface area contributed by atoms with Crippen LogP contribution in [0, 0.1) is 11.8 Å². The highest BCUT2D eigenvalue weighted by Crippen LogP contribution is 2.60. The Bertz CT molecular complexity index is 674. The van der Waals surface area contributed by atoms with Gasteiger partial charge in [0.2, 0.25) is 11.8 Å². The summed E-state index contributed by atoms with van der Waals surface area (Å²) in [5.74, 6) is -2.26. The van der Waals surface area contributed by atoms with E-state index in [9.17, 15) is 14.4 Å². The number of unbranched alkanes of at least 4 members (excludes halogenated alkanes) is 3. The fraction of sp³-hybridized carbons (Fsp3) is 0.857. The molecule has 1 spiro atoms. The predicted octanol–water partition coefficient (Wildman–Crippen LogP) is 1.37. The Morgan fingerprint density at radius 2 is 2.03 bits per heavy atom. The number of nitrogens with zero attached hydrogens (tertiary/aromatic N) is 1. The van der Waals surface area contributed by atoms with E-state index >= 15 is 0 Å². The molecule has 2 amide bonds. The van der Waals surface area contributed by atoms with Crippen LogP contribution < -0.4 is 5.32 Å². The zero-order valence-electron chi connectivity index (χ0n) is 17.9. The number of carbonyl (C=O) groups is 3. The van der Waals surface area contributed by atoms with Gasteiger partial charge in [0, 0.05) is 24.0 Å². The molecule has 8 nitrogen and oxygen atoms in total. The molecule has 6 atom stereocenters. The highest BCUT2D eigenvalue weighted by Gasteiger charge is 2.76. The number of aliphatic hydroxyl groups excluding tert-OH is 1. The van der Waals surface area contributed by atoms with Crippen LogP contribution >= 0.6 is 15.9 Å². The van der Waals surface area contributed by atoms with Crippen molar-refractivity contribution < 1.29 is 29.0 Å². The van der Waals surface area contributed by atoms with Crippen molar-refractivity contribution in [2.24, 2.45) is 11.8 Å². The van der Waals surface area contributed by atoms with Gasteiger partial charge in [-0.25, -0.2) is 0 Å². The summed E-state index contributed by atoms with van der Waals surface area (Å²) in [6.45, 7) is 6.30. The summed E-state index contributed by atoms with van der Waals surface area (Å²) in [4.78, 5) is 41.0. The molecule has 0 aliphatic carbocycles. The maximum Gasteiger partial charge on any atom is 0.312 e. The van der Waals surface area contributed by atoms with Crippen molar-refractivity contribution in [3.05, 3.63) is 0 Å². The second kappa shape index (κ2) is 9.53. The highest BCUT2D eigenvalue weighted by atomic mass is 79.9. The topological polar surface area (TPSA) is 105 Å². The van der Waals surface area contributed by atoms with E-state index in [0.717, 1.165) is 25.7 Å². The third-order valence-corrected chi connectivity index (χ3v) is 7.18. The van der Waals surface area contributed by atoms with Crippen LogP contribution in [0.25, 0.3) is 0 Å². The summed E-state index contributed by atoms with van der Waals surface area (Å²) in [5, 5.41) is 11.9. The number of ether oxygens (including phenoxy) is 2. The van der Waals surface area contributed by atoms with Crippen molar-refractivity contribution in [3.8, 4) is 0 Å². The SMILES string of the molecule is CCOC(=O)[C@H]1[C@H]2C(=O)N(CCCCCCO)C(C(=O)NC(C)C)C23CC(Br)[C@@H]1O3. The van der Waals surface area contributed by atoms with Gasteiger partial charge in [-0.15, -0.1) is 0 Å². The van der Waals surface area contributed by atoms with Gasteiger partial charge in [0.05, 0.1) is 24.5 Å². The minimum absolute atomic E-state index is 0.0753. The fourth-order valence-electron chi connectivity index (χ4n) is 5.29. The van der Waals surface area contributed by atoms with Gasteiger partial charge in [0.25, 0.3) is 0 Å². The van der Waals surface area contributed by atoms with E-state index in [0.29, 0.717) is 13.0 Å². The van der Waals surface area contributed by atoms with Gasteiger partial charge in [-0.3, -0.25) is 14.4 Å². The number of hydrogen-bond donors (Lipinski definition) is 2. The van der Waals surface area contributed by atoms with Gasteiger partial charge in [0.1, 0.15) is 11.6 Å². The third kappa shape index (κ3) is 4.00. The van der Waals surface area contributed by atoms with E-state index in [2.05, 4.69) is 21.2 Å². The molecule has 0 radical (unpaired) electrons. The molecule has 3 fully saturated rings. The standard InChI is InChI=1S/C21H33BrN2O6/c1-4-29-20(28)14-15-19(27)24(9-7-5-6-8-10-25)17(18(26)23-12(2)3)21(15)11-13(22)16(14)30-21/h12-17,25H,4-11H2,1-3H3,(H,23,26)/t13?,14-,15-,16-,17?,21?/m0/s1. The molecule has 9 heteroatoms. The Balaban J connectivity index is 1.89. The number of rotatable bonds is 10. The average Bonchev–Trinajstić information content (AvgIpc) is 3.25.